The van der Waals surface area contributed by atoms with Crippen LogP contribution in [0.4, 0.5) is 0 Å². The number of unbranched alkanes of at least 4 members (excludes halogenated alkanes) is 1. The lowest BCUT2D eigenvalue weighted by Crippen LogP contribution is -1.67. The van der Waals surface area contributed by atoms with Gasteiger partial charge in [-0.05, 0) is 6.42 Å². The summed E-state index contributed by atoms with van der Waals surface area (Å²) in [6.07, 6.45) is 3.17. The third-order valence-corrected chi connectivity index (χ3v) is 1.17. The molecule has 0 aromatic rings. The quantitative estimate of drug-likeness (QED) is 0.608. The van der Waals surface area contributed by atoms with E-state index in [4.69, 9.17) is 5.11 Å². The second-order valence-corrected chi connectivity index (χ2v) is 1.93. The van der Waals surface area contributed by atoms with Crippen molar-refractivity contribution in [3.05, 3.63) is 11.7 Å². The molecule has 0 aliphatic carbocycles. The fraction of sp³-hybridized carbons (Fsp3) is 0.667. The van der Waals surface area contributed by atoms with Gasteiger partial charge in [-0.2, -0.15) is 0 Å². The molecule has 1 aliphatic rings. The van der Waals surface area contributed by atoms with Gasteiger partial charge in [0.2, 0.25) is 0 Å². The number of aliphatic hydroxyl groups excluding tert-OH is 1. The molecule has 0 spiro atoms. The zero-order valence-corrected chi connectivity index (χ0v) is 4.98. The van der Waals surface area contributed by atoms with Gasteiger partial charge in [0, 0.05) is 6.42 Å². The highest BCUT2D eigenvalue weighted by Crippen LogP contribution is 2.27. The van der Waals surface area contributed by atoms with Gasteiger partial charge in [-0.3, -0.25) is 0 Å². The summed E-state index contributed by atoms with van der Waals surface area (Å²) >= 11 is 0. The smallest absolute Gasteiger partial charge is 0.322 e. The Morgan fingerprint density at radius 3 is 2.62 bits per heavy atom. The lowest BCUT2D eigenvalue weighted by molar-refractivity contribution is 0.273. The molecule has 1 aliphatic heterocycles. The number of hydrogen-bond acceptors (Lipinski definition) is 2. The molecule has 2 heteroatoms. The lowest BCUT2D eigenvalue weighted by Gasteiger charge is -1.82. The molecule has 1 heterocycles. The van der Waals surface area contributed by atoms with Crippen molar-refractivity contribution < 1.29 is 9.84 Å². The Balaban J connectivity index is 2.05. The third-order valence-electron chi connectivity index (χ3n) is 1.17. The van der Waals surface area contributed by atoms with Gasteiger partial charge in [0.05, 0.1) is 0 Å². The van der Waals surface area contributed by atoms with Crippen LogP contribution in [0.15, 0.2) is 11.7 Å². The summed E-state index contributed by atoms with van der Waals surface area (Å²) in [6, 6.07) is 0. The lowest BCUT2D eigenvalue weighted by atomic mass is 10.2. The van der Waals surface area contributed by atoms with Gasteiger partial charge in [0.25, 0.3) is 0 Å². The monoisotopic (exact) mass is 114 g/mol. The second kappa shape index (κ2) is 2.07. The Hall–Kier alpha value is -0.660. The standard InChI is InChI=1S/C6H10O2/c1-2-3-4-5-6(7)8-5/h7H,2-4H2,1H3. The van der Waals surface area contributed by atoms with Crippen LogP contribution in [0.3, 0.4) is 0 Å². The fourth-order valence-corrected chi connectivity index (χ4v) is 0.586. The minimum atomic E-state index is 0.151. The molecule has 0 saturated carbocycles. The van der Waals surface area contributed by atoms with E-state index in [1.807, 2.05) is 0 Å². The Kier molecular flexibility index (Phi) is 1.42. The molecular formula is C6H10O2. The summed E-state index contributed by atoms with van der Waals surface area (Å²) in [5.74, 6) is 0.935. The summed E-state index contributed by atoms with van der Waals surface area (Å²) < 4.78 is 4.61. The van der Waals surface area contributed by atoms with Crippen LogP contribution in [-0.2, 0) is 4.74 Å². The second-order valence-electron chi connectivity index (χ2n) is 1.93. The summed E-state index contributed by atoms with van der Waals surface area (Å²) in [5.41, 5.74) is 0. The highest BCUT2D eigenvalue weighted by Gasteiger charge is 2.22. The molecular weight excluding hydrogens is 104 g/mol. The largest absolute Gasteiger partial charge is 0.478 e. The van der Waals surface area contributed by atoms with Crippen LogP contribution in [0, 0.1) is 0 Å². The van der Waals surface area contributed by atoms with Crippen LogP contribution in [0.1, 0.15) is 26.2 Å². The van der Waals surface area contributed by atoms with Crippen molar-refractivity contribution in [3.8, 4) is 0 Å². The van der Waals surface area contributed by atoms with Crippen LogP contribution in [0.2, 0.25) is 0 Å². The van der Waals surface area contributed by atoms with Gasteiger partial charge in [0.15, 0.2) is 5.76 Å². The number of allylic oxidation sites excluding steroid dienone is 1. The van der Waals surface area contributed by atoms with E-state index in [1.54, 1.807) is 0 Å². The molecule has 0 fully saturated rings. The fourth-order valence-electron chi connectivity index (χ4n) is 0.586. The van der Waals surface area contributed by atoms with Crippen LogP contribution >= 0.6 is 0 Å². The van der Waals surface area contributed by atoms with Gasteiger partial charge in [-0.25, -0.2) is 0 Å². The Morgan fingerprint density at radius 2 is 2.25 bits per heavy atom. The molecule has 0 amide bonds. The molecule has 8 heavy (non-hydrogen) atoms. The van der Waals surface area contributed by atoms with Crippen LogP contribution in [0.25, 0.3) is 0 Å². The van der Waals surface area contributed by atoms with Gasteiger partial charge in [-0.1, -0.05) is 13.3 Å². The molecule has 1 N–H and O–H groups in total. The number of hydrogen-bond donors (Lipinski definition) is 1. The molecule has 0 atom stereocenters. The first kappa shape index (κ1) is 5.48. The van der Waals surface area contributed by atoms with E-state index in [-0.39, 0.29) is 5.95 Å². The minimum Gasteiger partial charge on any atom is -0.478 e. The van der Waals surface area contributed by atoms with Crippen molar-refractivity contribution >= 4 is 0 Å². The molecule has 46 valence electrons. The van der Waals surface area contributed by atoms with Crippen molar-refractivity contribution in [1.82, 2.24) is 0 Å². The maximum absolute atomic E-state index is 8.51. The first-order valence-corrected chi connectivity index (χ1v) is 2.94. The molecule has 0 aromatic carbocycles. The van der Waals surface area contributed by atoms with E-state index < -0.39 is 0 Å². The minimum absolute atomic E-state index is 0.151. The highest BCUT2D eigenvalue weighted by atomic mass is 16.7. The molecule has 0 saturated heterocycles. The first-order chi connectivity index (χ1) is 3.84. The molecule has 0 aromatic heterocycles. The highest BCUT2D eigenvalue weighted by molar-refractivity contribution is 5.08. The van der Waals surface area contributed by atoms with Gasteiger partial charge >= 0.3 is 5.95 Å². The first-order valence-electron chi connectivity index (χ1n) is 2.94. The summed E-state index contributed by atoms with van der Waals surface area (Å²) in [4.78, 5) is 0. The van der Waals surface area contributed by atoms with E-state index in [1.165, 1.54) is 0 Å². The maximum Gasteiger partial charge on any atom is 0.322 e. The molecule has 0 unspecified atom stereocenters. The zero-order chi connectivity index (χ0) is 5.98. The van der Waals surface area contributed by atoms with E-state index in [0.29, 0.717) is 0 Å². The van der Waals surface area contributed by atoms with Gasteiger partial charge < -0.3 is 9.84 Å². The average Bonchev–Trinajstić information content (AvgIpc) is 2.42. The van der Waals surface area contributed by atoms with Gasteiger partial charge in [0.1, 0.15) is 0 Å². The van der Waals surface area contributed by atoms with Crippen LogP contribution < -0.4 is 0 Å². The molecule has 0 bridgehead atoms. The zero-order valence-electron chi connectivity index (χ0n) is 4.98. The van der Waals surface area contributed by atoms with Crippen molar-refractivity contribution in [2.45, 2.75) is 26.2 Å². The average molecular weight is 114 g/mol. The normalized spacial score (nSPS) is 16.1. The Bertz CT molecular complexity index is 116. The number of rotatable bonds is 3. The molecule has 1 rings (SSSR count). The van der Waals surface area contributed by atoms with Gasteiger partial charge in [-0.15, -0.1) is 0 Å². The summed E-state index contributed by atoms with van der Waals surface area (Å²) in [5, 5.41) is 8.51. The maximum atomic E-state index is 8.51. The number of ether oxygens (including phenoxy) is 1. The number of aliphatic hydroxyl groups is 1. The third kappa shape index (κ3) is 1.15. The predicted octanol–water partition coefficient (Wildman–Crippen LogP) is 1.93. The van der Waals surface area contributed by atoms with E-state index >= 15 is 0 Å². The Morgan fingerprint density at radius 1 is 1.62 bits per heavy atom. The summed E-state index contributed by atoms with van der Waals surface area (Å²) in [6.45, 7) is 2.11. The van der Waals surface area contributed by atoms with Crippen LogP contribution in [0.5, 0.6) is 0 Å². The van der Waals surface area contributed by atoms with Crippen LogP contribution in [-0.4, -0.2) is 5.11 Å². The molecule has 0 radical (unpaired) electrons. The summed E-state index contributed by atoms with van der Waals surface area (Å²) in [7, 11) is 0. The Labute approximate surface area is 48.8 Å². The van der Waals surface area contributed by atoms with E-state index in [9.17, 15) is 0 Å². The van der Waals surface area contributed by atoms with Crippen molar-refractivity contribution in [3.63, 3.8) is 0 Å². The van der Waals surface area contributed by atoms with E-state index in [0.717, 1.165) is 25.0 Å². The SMILES string of the molecule is CCCCC1=C(O)O1. The topological polar surface area (TPSA) is 32.8 Å². The van der Waals surface area contributed by atoms with E-state index in [2.05, 4.69) is 11.7 Å². The van der Waals surface area contributed by atoms with Crippen molar-refractivity contribution in [2.24, 2.45) is 0 Å². The predicted molar refractivity (Wildman–Crippen MR) is 30.3 cm³/mol. The van der Waals surface area contributed by atoms with Crippen molar-refractivity contribution in [2.75, 3.05) is 0 Å². The molecule has 2 nitrogen and oxygen atoms in total. The van der Waals surface area contributed by atoms with Crippen molar-refractivity contribution in [1.29, 1.82) is 0 Å².